The van der Waals surface area contributed by atoms with Crippen LogP contribution in [0.1, 0.15) is 35.2 Å². The third-order valence-corrected chi connectivity index (χ3v) is 4.02. The van der Waals surface area contributed by atoms with Crippen molar-refractivity contribution in [3.8, 4) is 11.8 Å². The van der Waals surface area contributed by atoms with Gasteiger partial charge in [0.1, 0.15) is 5.75 Å². The molecule has 0 saturated carbocycles. The second-order valence-electron chi connectivity index (χ2n) is 6.20. The number of hydrogen-bond acceptors (Lipinski definition) is 4. The number of halogens is 2. The Morgan fingerprint density at radius 2 is 1.90 bits per heavy atom. The highest BCUT2D eigenvalue weighted by molar-refractivity contribution is 6.05. The van der Waals surface area contributed by atoms with Gasteiger partial charge in [-0.2, -0.15) is 14.0 Å². The number of carbonyl (C=O) groups excluding carboxylic acids is 1. The number of unbranched alkanes of at least 4 members (excludes halogenated alkanes) is 2. The Balaban J connectivity index is 0.000000375. The van der Waals surface area contributed by atoms with Gasteiger partial charge in [0.2, 0.25) is 0 Å². The quantitative estimate of drug-likeness (QED) is 0.415. The van der Waals surface area contributed by atoms with Crippen LogP contribution < -0.4 is 10.5 Å². The minimum absolute atomic E-state index is 0.174. The summed E-state index contributed by atoms with van der Waals surface area (Å²) < 4.78 is 27.1. The molecule has 0 aromatic heterocycles. The van der Waals surface area contributed by atoms with Gasteiger partial charge in [-0.1, -0.05) is 30.3 Å². The predicted octanol–water partition coefficient (Wildman–Crippen LogP) is 4.23. The van der Waals surface area contributed by atoms with Gasteiger partial charge in [-0.3, -0.25) is 14.7 Å². The third kappa shape index (κ3) is 9.15. The number of aryl methyl sites for hydroxylation is 1. The molecule has 0 fully saturated rings. The van der Waals surface area contributed by atoms with Crippen LogP contribution in [0.3, 0.4) is 0 Å². The molecule has 0 aliphatic heterocycles. The molecule has 0 spiro atoms. The number of para-hydroxylation sites is 1. The summed E-state index contributed by atoms with van der Waals surface area (Å²) in [6.45, 7) is -2.73. The monoisotopic (exact) mass is 416 g/mol. The Bertz CT molecular complexity index is 852. The summed E-state index contributed by atoms with van der Waals surface area (Å²) in [5.41, 5.74) is 7.32. The van der Waals surface area contributed by atoms with Crippen LogP contribution >= 0.6 is 0 Å². The Morgan fingerprint density at radius 3 is 2.50 bits per heavy atom. The molecular formula is C22H26F2N4O2. The maximum absolute atomic E-state index is 12.2. The second-order valence-corrected chi connectivity index (χ2v) is 6.20. The lowest BCUT2D eigenvalue weighted by Gasteiger charge is -2.16. The molecule has 0 saturated heterocycles. The fourth-order valence-corrected chi connectivity index (χ4v) is 2.44. The molecule has 160 valence electrons. The van der Waals surface area contributed by atoms with Crippen LogP contribution in [-0.2, 0) is 6.42 Å². The second kappa shape index (κ2) is 13.7. The van der Waals surface area contributed by atoms with E-state index in [1.54, 1.807) is 38.4 Å². The van der Waals surface area contributed by atoms with Crippen LogP contribution in [0.25, 0.3) is 0 Å². The van der Waals surface area contributed by atoms with E-state index in [9.17, 15) is 13.6 Å². The summed E-state index contributed by atoms with van der Waals surface area (Å²) in [4.78, 5) is 17.3. The van der Waals surface area contributed by atoms with Crippen LogP contribution in [0.5, 0.6) is 5.75 Å². The number of nitrogens with zero attached hydrogens (tertiary/aromatic N) is 3. The number of ether oxygens (including phenoxy) is 1. The van der Waals surface area contributed by atoms with Crippen molar-refractivity contribution in [3.05, 3.63) is 65.7 Å². The molecular weight excluding hydrogens is 390 g/mol. The van der Waals surface area contributed by atoms with E-state index in [0.29, 0.717) is 12.0 Å². The zero-order chi connectivity index (χ0) is 22.4. The predicted molar refractivity (Wildman–Crippen MR) is 112 cm³/mol. The molecule has 6 nitrogen and oxygen atoms in total. The average Bonchev–Trinajstić information content (AvgIpc) is 2.76. The number of alkyl halides is 2. The van der Waals surface area contributed by atoms with Gasteiger partial charge < -0.3 is 10.5 Å². The Morgan fingerprint density at radius 1 is 1.20 bits per heavy atom. The molecule has 0 bridgehead atoms. The zero-order valence-electron chi connectivity index (χ0n) is 17.1. The average molecular weight is 416 g/mol. The SMILES string of the molecule is CN=C(N)N(C)C(=O)c1cccc(CCCCC#N)c1.FC(F)Oc1ccccc1. The maximum atomic E-state index is 12.2. The molecule has 8 heteroatoms. The summed E-state index contributed by atoms with van der Waals surface area (Å²) in [6, 6.07) is 17.6. The molecule has 2 rings (SSSR count). The van der Waals surface area contributed by atoms with Gasteiger partial charge in [0.15, 0.2) is 5.96 Å². The normalized spacial score (nSPS) is 10.6. The first-order valence-electron chi connectivity index (χ1n) is 9.35. The number of nitriles is 1. The van der Waals surface area contributed by atoms with Crippen molar-refractivity contribution in [3.63, 3.8) is 0 Å². The van der Waals surface area contributed by atoms with Crippen molar-refractivity contribution >= 4 is 11.9 Å². The molecule has 2 aromatic rings. The minimum atomic E-state index is -2.73. The van der Waals surface area contributed by atoms with Crippen LogP contribution in [0.2, 0.25) is 0 Å². The van der Waals surface area contributed by atoms with Gasteiger partial charge in [0.05, 0.1) is 6.07 Å². The van der Waals surface area contributed by atoms with E-state index in [-0.39, 0.29) is 17.6 Å². The number of nitrogens with two attached hydrogens (primary N) is 1. The maximum Gasteiger partial charge on any atom is 0.387 e. The summed E-state index contributed by atoms with van der Waals surface area (Å²) in [5, 5.41) is 8.49. The topological polar surface area (TPSA) is 91.7 Å². The molecule has 0 radical (unpaired) electrons. The van der Waals surface area contributed by atoms with Gasteiger partial charge in [0, 0.05) is 26.1 Å². The number of benzene rings is 2. The van der Waals surface area contributed by atoms with Crippen molar-refractivity contribution in [1.82, 2.24) is 4.90 Å². The van der Waals surface area contributed by atoms with Crippen molar-refractivity contribution in [1.29, 1.82) is 5.26 Å². The smallest absolute Gasteiger partial charge is 0.387 e. The lowest BCUT2D eigenvalue weighted by molar-refractivity contribution is -0.0498. The van der Waals surface area contributed by atoms with E-state index < -0.39 is 6.61 Å². The van der Waals surface area contributed by atoms with Gasteiger partial charge in [-0.15, -0.1) is 0 Å². The minimum Gasteiger partial charge on any atom is -0.435 e. The van der Waals surface area contributed by atoms with Gasteiger partial charge in [-0.05, 0) is 49.1 Å². The fraction of sp³-hybridized carbons (Fsp3) is 0.318. The first-order chi connectivity index (χ1) is 14.4. The standard InChI is InChI=1S/C15H20N4O.C7H6F2O/c1-18-15(17)19(2)14(20)13-9-6-8-12(11-13)7-4-3-5-10-16;8-7(9)10-6-4-2-1-3-5-6/h6,8-9,11H,3-5,7H2,1-2H3,(H2,17,18);1-5,7H. The van der Waals surface area contributed by atoms with Crippen LogP contribution in [0.15, 0.2) is 59.6 Å². The summed E-state index contributed by atoms with van der Waals surface area (Å²) >= 11 is 0. The number of guanidine groups is 1. The first kappa shape index (κ1) is 24.6. The van der Waals surface area contributed by atoms with E-state index in [4.69, 9.17) is 11.0 Å². The lowest BCUT2D eigenvalue weighted by atomic mass is 10.0. The molecule has 30 heavy (non-hydrogen) atoms. The lowest BCUT2D eigenvalue weighted by Crippen LogP contribution is -2.38. The van der Waals surface area contributed by atoms with Crippen molar-refractivity contribution in [2.75, 3.05) is 14.1 Å². The van der Waals surface area contributed by atoms with Gasteiger partial charge >= 0.3 is 6.61 Å². The molecule has 0 heterocycles. The Kier molecular flexibility index (Phi) is 11.2. The number of aliphatic imine (C=N–C) groups is 1. The summed E-state index contributed by atoms with van der Waals surface area (Å²) in [5.74, 6) is 0.207. The van der Waals surface area contributed by atoms with Crippen LogP contribution in [-0.4, -0.2) is 37.5 Å². The van der Waals surface area contributed by atoms with Crippen LogP contribution in [0.4, 0.5) is 8.78 Å². The molecule has 0 aliphatic rings. The first-order valence-corrected chi connectivity index (χ1v) is 9.35. The van der Waals surface area contributed by atoms with E-state index in [1.165, 1.54) is 17.0 Å². The van der Waals surface area contributed by atoms with E-state index in [0.717, 1.165) is 24.8 Å². The largest absolute Gasteiger partial charge is 0.435 e. The molecule has 2 N–H and O–H groups in total. The summed E-state index contributed by atoms with van der Waals surface area (Å²) in [7, 11) is 3.15. The van der Waals surface area contributed by atoms with E-state index >= 15 is 0 Å². The highest BCUT2D eigenvalue weighted by atomic mass is 19.3. The Hall–Kier alpha value is -3.47. The number of rotatable bonds is 7. The zero-order valence-corrected chi connectivity index (χ0v) is 17.1. The number of amides is 1. The summed E-state index contributed by atoms with van der Waals surface area (Å²) in [6.07, 6.45) is 3.26. The highest BCUT2D eigenvalue weighted by Crippen LogP contribution is 2.12. The van der Waals surface area contributed by atoms with E-state index in [1.807, 2.05) is 18.2 Å². The van der Waals surface area contributed by atoms with Gasteiger partial charge in [-0.25, -0.2) is 0 Å². The third-order valence-electron chi connectivity index (χ3n) is 4.02. The molecule has 0 unspecified atom stereocenters. The molecule has 2 aromatic carbocycles. The molecule has 1 amide bonds. The Labute approximate surface area is 175 Å². The van der Waals surface area contributed by atoms with E-state index in [2.05, 4.69) is 15.8 Å². The molecule has 0 atom stereocenters. The number of hydrogen-bond donors (Lipinski definition) is 1. The van der Waals surface area contributed by atoms with Crippen molar-refractivity contribution in [2.24, 2.45) is 10.7 Å². The fourth-order valence-electron chi connectivity index (χ4n) is 2.44. The van der Waals surface area contributed by atoms with Crippen LogP contribution in [0, 0.1) is 11.3 Å². The highest BCUT2D eigenvalue weighted by Gasteiger charge is 2.14. The van der Waals surface area contributed by atoms with Crippen molar-refractivity contribution < 1.29 is 18.3 Å². The van der Waals surface area contributed by atoms with Crippen molar-refractivity contribution in [2.45, 2.75) is 32.3 Å². The number of carbonyl (C=O) groups is 1. The molecule has 0 aliphatic carbocycles. The van der Waals surface area contributed by atoms with Gasteiger partial charge in [0.25, 0.3) is 5.91 Å².